The molecule has 0 amide bonds. The SMILES string of the molecule is CCOC(O)C1CC2C=CC1C2. The molecule has 1 saturated carbocycles. The van der Waals surface area contributed by atoms with Crippen LogP contribution in [0.2, 0.25) is 0 Å². The largest absolute Gasteiger partial charge is 0.368 e. The van der Waals surface area contributed by atoms with E-state index in [1.54, 1.807) is 0 Å². The lowest BCUT2D eigenvalue weighted by atomic mass is 9.93. The minimum atomic E-state index is -0.532. The Bertz CT molecular complexity index is 188. The molecule has 0 heterocycles. The van der Waals surface area contributed by atoms with Gasteiger partial charge in [0.2, 0.25) is 0 Å². The summed E-state index contributed by atoms with van der Waals surface area (Å²) in [5.41, 5.74) is 0. The zero-order valence-corrected chi connectivity index (χ0v) is 7.44. The van der Waals surface area contributed by atoms with E-state index in [2.05, 4.69) is 12.2 Å². The van der Waals surface area contributed by atoms with Crippen LogP contribution < -0.4 is 0 Å². The first-order valence-corrected chi connectivity index (χ1v) is 4.79. The second-order valence-corrected chi connectivity index (χ2v) is 3.79. The molecule has 4 atom stereocenters. The number of rotatable bonds is 3. The van der Waals surface area contributed by atoms with Gasteiger partial charge < -0.3 is 9.84 Å². The van der Waals surface area contributed by atoms with E-state index >= 15 is 0 Å². The fourth-order valence-corrected chi connectivity index (χ4v) is 2.45. The summed E-state index contributed by atoms with van der Waals surface area (Å²) >= 11 is 0. The molecular weight excluding hydrogens is 152 g/mol. The van der Waals surface area contributed by atoms with Crippen LogP contribution in [0.4, 0.5) is 0 Å². The van der Waals surface area contributed by atoms with Crippen molar-refractivity contribution in [2.75, 3.05) is 6.61 Å². The summed E-state index contributed by atoms with van der Waals surface area (Å²) in [6, 6.07) is 0. The van der Waals surface area contributed by atoms with Crippen LogP contribution in [0.5, 0.6) is 0 Å². The van der Waals surface area contributed by atoms with Crippen molar-refractivity contribution in [2.24, 2.45) is 17.8 Å². The van der Waals surface area contributed by atoms with Crippen molar-refractivity contribution in [3.63, 3.8) is 0 Å². The summed E-state index contributed by atoms with van der Waals surface area (Å²) in [4.78, 5) is 0. The van der Waals surface area contributed by atoms with Crippen molar-refractivity contribution in [1.29, 1.82) is 0 Å². The van der Waals surface area contributed by atoms with Crippen LogP contribution in [0.15, 0.2) is 12.2 Å². The van der Waals surface area contributed by atoms with Gasteiger partial charge in [0.1, 0.15) is 0 Å². The van der Waals surface area contributed by atoms with Gasteiger partial charge in [-0.2, -0.15) is 0 Å². The molecule has 1 fully saturated rings. The Balaban J connectivity index is 1.93. The van der Waals surface area contributed by atoms with Crippen LogP contribution in [0.1, 0.15) is 19.8 Å². The Morgan fingerprint density at radius 1 is 1.50 bits per heavy atom. The molecule has 2 rings (SSSR count). The Hall–Kier alpha value is -0.340. The summed E-state index contributed by atoms with van der Waals surface area (Å²) in [7, 11) is 0. The summed E-state index contributed by atoms with van der Waals surface area (Å²) in [6.45, 7) is 2.53. The van der Waals surface area contributed by atoms with Crippen LogP contribution in [-0.4, -0.2) is 18.0 Å². The molecule has 0 aliphatic heterocycles. The Morgan fingerprint density at radius 2 is 2.33 bits per heavy atom. The molecule has 2 aliphatic carbocycles. The second kappa shape index (κ2) is 3.19. The van der Waals surface area contributed by atoms with E-state index in [0.717, 1.165) is 12.3 Å². The molecule has 0 aromatic carbocycles. The highest BCUT2D eigenvalue weighted by molar-refractivity contribution is 5.10. The molecule has 0 radical (unpaired) electrons. The first-order valence-electron chi connectivity index (χ1n) is 4.79. The van der Waals surface area contributed by atoms with E-state index in [4.69, 9.17) is 4.74 Å². The van der Waals surface area contributed by atoms with Crippen LogP contribution in [0, 0.1) is 17.8 Å². The molecule has 0 aromatic heterocycles. The van der Waals surface area contributed by atoms with Crippen LogP contribution in [0.3, 0.4) is 0 Å². The van der Waals surface area contributed by atoms with Gasteiger partial charge in [-0.15, -0.1) is 0 Å². The van der Waals surface area contributed by atoms with Gasteiger partial charge in [-0.25, -0.2) is 0 Å². The number of allylic oxidation sites excluding steroid dienone is 2. The first-order chi connectivity index (χ1) is 5.81. The van der Waals surface area contributed by atoms with E-state index in [1.165, 1.54) is 6.42 Å². The topological polar surface area (TPSA) is 29.5 Å². The lowest BCUT2D eigenvalue weighted by Crippen LogP contribution is -2.26. The zero-order valence-electron chi connectivity index (χ0n) is 7.44. The maximum absolute atomic E-state index is 9.61. The van der Waals surface area contributed by atoms with Crippen LogP contribution in [0.25, 0.3) is 0 Å². The van der Waals surface area contributed by atoms with Crippen LogP contribution >= 0.6 is 0 Å². The molecule has 2 heteroatoms. The predicted molar refractivity (Wildman–Crippen MR) is 46.5 cm³/mol. The van der Waals surface area contributed by atoms with Crippen LogP contribution in [-0.2, 0) is 4.74 Å². The minimum absolute atomic E-state index is 0.361. The highest BCUT2D eigenvalue weighted by Gasteiger charge is 2.39. The van der Waals surface area contributed by atoms with Gasteiger partial charge >= 0.3 is 0 Å². The fraction of sp³-hybridized carbons (Fsp3) is 0.800. The van der Waals surface area contributed by atoms with Gasteiger partial charge in [0, 0.05) is 12.5 Å². The van der Waals surface area contributed by atoms with E-state index in [9.17, 15) is 5.11 Å². The summed E-state index contributed by atoms with van der Waals surface area (Å²) in [5, 5.41) is 9.61. The number of fused-ring (bicyclic) bond motifs is 2. The van der Waals surface area contributed by atoms with Gasteiger partial charge in [-0.1, -0.05) is 12.2 Å². The third kappa shape index (κ3) is 1.29. The van der Waals surface area contributed by atoms with Crippen molar-refractivity contribution in [3.8, 4) is 0 Å². The van der Waals surface area contributed by atoms with Crippen molar-refractivity contribution < 1.29 is 9.84 Å². The standard InChI is InChI=1S/C10H16O2/c1-2-12-10(11)9-6-7-3-4-8(9)5-7/h3-4,7-11H,2,5-6H2,1H3. The Kier molecular flexibility index (Phi) is 2.20. The number of hydrogen-bond acceptors (Lipinski definition) is 2. The van der Waals surface area contributed by atoms with Gasteiger partial charge in [0.05, 0.1) is 0 Å². The fourth-order valence-electron chi connectivity index (χ4n) is 2.45. The Morgan fingerprint density at radius 3 is 2.83 bits per heavy atom. The third-order valence-electron chi connectivity index (χ3n) is 3.03. The van der Waals surface area contributed by atoms with E-state index < -0.39 is 6.29 Å². The average molecular weight is 168 g/mol. The maximum Gasteiger partial charge on any atom is 0.157 e. The van der Waals surface area contributed by atoms with E-state index in [0.29, 0.717) is 18.4 Å². The molecule has 0 aromatic rings. The molecule has 68 valence electrons. The van der Waals surface area contributed by atoms with E-state index in [-0.39, 0.29) is 0 Å². The number of ether oxygens (including phenoxy) is 1. The molecular formula is C10H16O2. The summed E-state index contributed by atoms with van der Waals surface area (Å²) in [6.07, 6.45) is 6.33. The molecule has 0 spiro atoms. The van der Waals surface area contributed by atoms with Gasteiger partial charge in [-0.3, -0.25) is 0 Å². The average Bonchev–Trinajstić information content (AvgIpc) is 2.64. The summed E-state index contributed by atoms with van der Waals surface area (Å²) < 4.78 is 5.20. The monoisotopic (exact) mass is 168 g/mol. The number of aliphatic hydroxyl groups is 1. The smallest absolute Gasteiger partial charge is 0.157 e. The molecule has 2 nitrogen and oxygen atoms in total. The van der Waals surface area contributed by atoms with Crippen molar-refractivity contribution >= 4 is 0 Å². The maximum atomic E-state index is 9.61. The van der Waals surface area contributed by atoms with Gasteiger partial charge in [0.25, 0.3) is 0 Å². The minimum Gasteiger partial charge on any atom is -0.368 e. The van der Waals surface area contributed by atoms with E-state index in [1.807, 2.05) is 6.92 Å². The van der Waals surface area contributed by atoms with Crippen molar-refractivity contribution in [2.45, 2.75) is 26.1 Å². The quantitative estimate of drug-likeness (QED) is 0.512. The molecule has 12 heavy (non-hydrogen) atoms. The normalized spacial score (nSPS) is 40.7. The van der Waals surface area contributed by atoms with Crippen molar-refractivity contribution in [3.05, 3.63) is 12.2 Å². The highest BCUT2D eigenvalue weighted by Crippen LogP contribution is 2.44. The molecule has 2 bridgehead atoms. The molecule has 4 unspecified atom stereocenters. The molecule has 0 saturated heterocycles. The molecule has 2 aliphatic rings. The zero-order chi connectivity index (χ0) is 8.55. The third-order valence-corrected chi connectivity index (χ3v) is 3.03. The number of hydrogen-bond donors (Lipinski definition) is 1. The summed E-state index contributed by atoms with van der Waals surface area (Å²) in [5.74, 6) is 1.66. The lowest BCUT2D eigenvalue weighted by molar-refractivity contribution is -0.135. The van der Waals surface area contributed by atoms with Gasteiger partial charge in [-0.05, 0) is 31.6 Å². The highest BCUT2D eigenvalue weighted by atomic mass is 16.6. The number of aliphatic hydroxyl groups excluding tert-OH is 1. The predicted octanol–water partition coefficient (Wildman–Crippen LogP) is 1.55. The van der Waals surface area contributed by atoms with Gasteiger partial charge in [0.15, 0.2) is 6.29 Å². The molecule has 1 N–H and O–H groups in total. The van der Waals surface area contributed by atoms with Crippen molar-refractivity contribution in [1.82, 2.24) is 0 Å². The second-order valence-electron chi connectivity index (χ2n) is 3.79. The Labute approximate surface area is 73.2 Å². The first kappa shape index (κ1) is 8.27. The lowest BCUT2D eigenvalue weighted by Gasteiger charge is -2.23.